The molecule has 1 heterocycles. The molecular weight excluding hydrogens is 404 g/mol. The van der Waals surface area contributed by atoms with E-state index in [2.05, 4.69) is 17.2 Å². The lowest BCUT2D eigenvalue weighted by Gasteiger charge is -2.34. The van der Waals surface area contributed by atoms with Crippen molar-refractivity contribution < 1.29 is 19.1 Å². The summed E-state index contributed by atoms with van der Waals surface area (Å²) in [6.45, 7) is 4.74. The molecule has 0 bridgehead atoms. The molecule has 0 spiro atoms. The van der Waals surface area contributed by atoms with Gasteiger partial charge < -0.3 is 20.1 Å². The van der Waals surface area contributed by atoms with Gasteiger partial charge in [-0.1, -0.05) is 74.4 Å². The fourth-order valence-corrected chi connectivity index (χ4v) is 4.47. The van der Waals surface area contributed by atoms with Gasteiger partial charge in [-0.2, -0.15) is 0 Å². The largest absolute Gasteiger partial charge is 0.489 e. The summed E-state index contributed by atoms with van der Waals surface area (Å²) < 4.78 is 11.8. The number of urea groups is 1. The van der Waals surface area contributed by atoms with Crippen LogP contribution in [0.4, 0.5) is 4.79 Å². The maximum Gasteiger partial charge on any atom is 0.319 e. The van der Waals surface area contributed by atoms with Gasteiger partial charge in [0, 0.05) is 11.3 Å². The molecule has 2 amide bonds. The van der Waals surface area contributed by atoms with E-state index in [0.717, 1.165) is 24.0 Å². The number of esters is 1. The predicted octanol–water partition coefficient (Wildman–Crippen LogP) is 4.87. The second kappa shape index (κ2) is 10.4. The molecule has 0 aromatic heterocycles. The van der Waals surface area contributed by atoms with Gasteiger partial charge in [0.2, 0.25) is 0 Å². The number of hydrogen-bond acceptors (Lipinski definition) is 4. The summed E-state index contributed by atoms with van der Waals surface area (Å²) in [7, 11) is 0. The Labute approximate surface area is 189 Å². The summed E-state index contributed by atoms with van der Waals surface area (Å²) in [5.41, 5.74) is 2.09. The van der Waals surface area contributed by atoms with E-state index < -0.39 is 18.0 Å². The third-order valence-electron chi connectivity index (χ3n) is 6.20. The molecule has 1 aliphatic heterocycles. The molecule has 2 aliphatic rings. The number of carbonyl (C=O) groups excluding carboxylic acids is 2. The fourth-order valence-electron chi connectivity index (χ4n) is 4.47. The van der Waals surface area contributed by atoms with Crippen LogP contribution in [-0.2, 0) is 16.1 Å². The van der Waals surface area contributed by atoms with Crippen LogP contribution in [0.15, 0.2) is 66.9 Å². The van der Waals surface area contributed by atoms with Gasteiger partial charge in [0.05, 0.1) is 12.6 Å². The van der Waals surface area contributed by atoms with Crippen LogP contribution in [0.2, 0.25) is 0 Å². The quantitative estimate of drug-likeness (QED) is 0.610. The SMILES string of the molecule is C=C1NC(=O)NC(c2ccccc2OCc2ccccc2)C1C(=O)OCC1CCCCC1. The molecule has 1 saturated heterocycles. The molecule has 0 radical (unpaired) electrons. The number of ether oxygens (including phenoxy) is 2. The molecule has 1 aliphatic carbocycles. The van der Waals surface area contributed by atoms with Crippen molar-refractivity contribution in [1.29, 1.82) is 0 Å². The molecule has 2 aromatic rings. The van der Waals surface area contributed by atoms with Crippen LogP contribution in [0.25, 0.3) is 0 Å². The Hall–Kier alpha value is -3.28. The molecule has 6 nitrogen and oxygen atoms in total. The molecular formula is C26H30N2O4. The van der Waals surface area contributed by atoms with E-state index in [0.29, 0.717) is 30.6 Å². The molecule has 6 heteroatoms. The van der Waals surface area contributed by atoms with Crippen molar-refractivity contribution in [1.82, 2.24) is 10.6 Å². The highest BCUT2D eigenvalue weighted by molar-refractivity contribution is 5.85. The average Bonchev–Trinajstić information content (AvgIpc) is 2.82. The van der Waals surface area contributed by atoms with Gasteiger partial charge in [0.1, 0.15) is 18.3 Å². The van der Waals surface area contributed by atoms with Crippen molar-refractivity contribution in [3.8, 4) is 5.75 Å². The minimum atomic E-state index is -0.738. The van der Waals surface area contributed by atoms with Crippen LogP contribution in [0, 0.1) is 11.8 Å². The first kappa shape index (κ1) is 21.9. The highest BCUT2D eigenvalue weighted by atomic mass is 16.5. The zero-order valence-electron chi connectivity index (χ0n) is 18.2. The van der Waals surface area contributed by atoms with E-state index in [1.54, 1.807) is 0 Å². The van der Waals surface area contributed by atoms with Crippen molar-refractivity contribution >= 4 is 12.0 Å². The zero-order chi connectivity index (χ0) is 22.3. The second-order valence-corrected chi connectivity index (χ2v) is 8.53. The number of hydrogen-bond donors (Lipinski definition) is 2. The molecule has 2 unspecified atom stereocenters. The Morgan fingerprint density at radius 1 is 1.00 bits per heavy atom. The van der Waals surface area contributed by atoms with Gasteiger partial charge in [-0.25, -0.2) is 4.79 Å². The second-order valence-electron chi connectivity index (χ2n) is 8.53. The Morgan fingerprint density at radius 3 is 2.50 bits per heavy atom. The predicted molar refractivity (Wildman–Crippen MR) is 122 cm³/mol. The molecule has 32 heavy (non-hydrogen) atoms. The minimum Gasteiger partial charge on any atom is -0.489 e. The first-order valence-corrected chi connectivity index (χ1v) is 11.3. The monoisotopic (exact) mass is 434 g/mol. The van der Waals surface area contributed by atoms with Gasteiger partial charge in [0.25, 0.3) is 0 Å². The third-order valence-corrected chi connectivity index (χ3v) is 6.20. The third kappa shape index (κ3) is 5.31. The number of para-hydroxylation sites is 1. The van der Waals surface area contributed by atoms with Crippen LogP contribution < -0.4 is 15.4 Å². The topological polar surface area (TPSA) is 76.7 Å². The van der Waals surface area contributed by atoms with Gasteiger partial charge in [-0.3, -0.25) is 4.79 Å². The number of rotatable bonds is 7. The standard InChI is InChI=1S/C26H30N2O4/c1-18-23(25(29)32-17-20-12-6-3-7-13-20)24(28-26(30)27-18)21-14-8-9-15-22(21)31-16-19-10-4-2-5-11-19/h2,4-5,8-11,14-15,20,23-24H,1,3,6-7,12-13,16-17H2,(H2,27,28,30). The van der Waals surface area contributed by atoms with E-state index in [9.17, 15) is 9.59 Å². The van der Waals surface area contributed by atoms with Gasteiger partial charge in [-0.05, 0) is 30.4 Å². The molecule has 2 aromatic carbocycles. The van der Waals surface area contributed by atoms with E-state index >= 15 is 0 Å². The van der Waals surface area contributed by atoms with E-state index in [4.69, 9.17) is 9.47 Å². The summed E-state index contributed by atoms with van der Waals surface area (Å²) >= 11 is 0. The first-order chi connectivity index (χ1) is 15.6. The van der Waals surface area contributed by atoms with Crippen LogP contribution in [0.5, 0.6) is 5.75 Å². The fraction of sp³-hybridized carbons (Fsp3) is 0.385. The molecule has 2 atom stereocenters. The Kier molecular flexibility index (Phi) is 7.10. The number of carbonyl (C=O) groups is 2. The number of benzene rings is 2. The number of amides is 2. The van der Waals surface area contributed by atoms with E-state index in [-0.39, 0.29) is 5.97 Å². The lowest BCUT2D eigenvalue weighted by molar-refractivity contribution is -0.150. The number of nitrogens with one attached hydrogen (secondary N) is 2. The maximum absolute atomic E-state index is 13.1. The first-order valence-electron chi connectivity index (χ1n) is 11.3. The van der Waals surface area contributed by atoms with Crippen molar-refractivity contribution in [2.24, 2.45) is 11.8 Å². The molecule has 168 valence electrons. The van der Waals surface area contributed by atoms with Crippen LogP contribution in [0.3, 0.4) is 0 Å². The minimum absolute atomic E-state index is 0.338. The Balaban J connectivity index is 1.52. The van der Waals surface area contributed by atoms with Gasteiger partial charge in [0.15, 0.2) is 0 Å². The van der Waals surface area contributed by atoms with Crippen molar-refractivity contribution in [2.75, 3.05) is 6.61 Å². The van der Waals surface area contributed by atoms with E-state index in [1.165, 1.54) is 19.3 Å². The highest BCUT2D eigenvalue weighted by Crippen LogP contribution is 2.36. The molecule has 2 fully saturated rings. The van der Waals surface area contributed by atoms with Gasteiger partial charge >= 0.3 is 12.0 Å². The summed E-state index contributed by atoms with van der Waals surface area (Å²) in [5.74, 6) is -0.0952. The van der Waals surface area contributed by atoms with Gasteiger partial charge in [-0.15, -0.1) is 0 Å². The Bertz CT molecular complexity index is 953. The lowest BCUT2D eigenvalue weighted by Crippen LogP contribution is -2.51. The average molecular weight is 435 g/mol. The summed E-state index contributed by atoms with van der Waals surface area (Å²) in [5, 5.41) is 5.52. The lowest BCUT2D eigenvalue weighted by atomic mass is 9.88. The van der Waals surface area contributed by atoms with Crippen molar-refractivity contribution in [3.05, 3.63) is 78.0 Å². The molecule has 1 saturated carbocycles. The summed E-state index contributed by atoms with van der Waals surface area (Å²) in [6.07, 6.45) is 5.80. The molecule has 4 rings (SSSR count). The Morgan fingerprint density at radius 2 is 1.72 bits per heavy atom. The maximum atomic E-state index is 13.1. The summed E-state index contributed by atoms with van der Waals surface area (Å²) in [4.78, 5) is 25.4. The van der Waals surface area contributed by atoms with E-state index in [1.807, 2.05) is 54.6 Å². The summed E-state index contributed by atoms with van der Waals surface area (Å²) in [6, 6.07) is 16.3. The van der Waals surface area contributed by atoms with Crippen molar-refractivity contribution in [2.45, 2.75) is 44.8 Å². The highest BCUT2D eigenvalue weighted by Gasteiger charge is 2.40. The smallest absolute Gasteiger partial charge is 0.319 e. The van der Waals surface area contributed by atoms with Crippen LogP contribution >= 0.6 is 0 Å². The van der Waals surface area contributed by atoms with Crippen LogP contribution in [-0.4, -0.2) is 18.6 Å². The van der Waals surface area contributed by atoms with Crippen LogP contribution in [0.1, 0.15) is 49.3 Å². The zero-order valence-corrected chi connectivity index (χ0v) is 18.2. The normalized spacial score (nSPS) is 21.4. The molecule has 2 N–H and O–H groups in total. The van der Waals surface area contributed by atoms with Crippen molar-refractivity contribution in [3.63, 3.8) is 0 Å².